The Balaban J connectivity index is 1.99. The molecule has 0 saturated carbocycles. The molecule has 10 heteroatoms. The van der Waals surface area contributed by atoms with Gasteiger partial charge >= 0.3 is 18.0 Å². The van der Waals surface area contributed by atoms with Gasteiger partial charge in [-0.05, 0) is 35.4 Å². The first-order valence-electron chi connectivity index (χ1n) is 7.33. The van der Waals surface area contributed by atoms with E-state index in [0.717, 1.165) is 18.2 Å². The lowest BCUT2D eigenvalue weighted by Gasteiger charge is -2.28. The third-order valence-electron chi connectivity index (χ3n) is 4.05. The predicted octanol–water partition coefficient (Wildman–Crippen LogP) is 6.61. The zero-order valence-electron chi connectivity index (χ0n) is 13.0. The Morgan fingerprint density at radius 3 is 2.04 bits per heavy atom. The van der Waals surface area contributed by atoms with Crippen LogP contribution < -0.4 is 0 Å². The summed E-state index contributed by atoms with van der Waals surface area (Å²) in [6.45, 7) is 0. The molecule has 0 unspecified atom stereocenters. The van der Waals surface area contributed by atoms with Gasteiger partial charge in [0.1, 0.15) is 5.82 Å². The van der Waals surface area contributed by atoms with Crippen LogP contribution in [0.15, 0.2) is 41.4 Å². The second-order valence-corrected chi connectivity index (χ2v) is 6.26. The average molecular weight is 414 g/mol. The second-order valence-electron chi connectivity index (χ2n) is 5.85. The quantitative estimate of drug-likeness (QED) is 0.502. The lowest BCUT2D eigenvalue weighted by atomic mass is 9.98. The standard InChI is InChI=1S/C17H8ClF8N/c18-12-7-13-9(5-11(12)8-1-3-10(19)4-2-8)6-14(27-13)15(20,21)16(22,23)17(24,25)26/h1-5,7H,6H2. The highest BCUT2D eigenvalue weighted by Gasteiger charge is 2.75. The summed E-state index contributed by atoms with van der Waals surface area (Å²) in [5, 5.41) is -0.00347. The molecule has 0 spiro atoms. The lowest BCUT2D eigenvalue weighted by Crippen LogP contribution is -2.56. The summed E-state index contributed by atoms with van der Waals surface area (Å²) in [6, 6.07) is 7.30. The number of rotatable bonds is 3. The number of nitrogens with zero attached hydrogens (tertiary/aromatic N) is 1. The monoisotopic (exact) mass is 413 g/mol. The van der Waals surface area contributed by atoms with E-state index >= 15 is 0 Å². The van der Waals surface area contributed by atoms with Crippen molar-refractivity contribution in [3.05, 3.63) is 52.8 Å². The number of hydrogen-bond donors (Lipinski definition) is 0. The minimum Gasteiger partial charge on any atom is -0.251 e. The molecule has 0 aliphatic carbocycles. The molecule has 1 heterocycles. The molecule has 0 atom stereocenters. The molecule has 2 aromatic rings. The zero-order valence-corrected chi connectivity index (χ0v) is 13.8. The highest BCUT2D eigenvalue weighted by Crippen LogP contribution is 2.49. The summed E-state index contributed by atoms with van der Waals surface area (Å²) in [6.07, 6.45) is -7.34. The van der Waals surface area contributed by atoms with Gasteiger partial charge in [0.2, 0.25) is 0 Å². The van der Waals surface area contributed by atoms with Gasteiger partial charge in [-0.1, -0.05) is 23.7 Å². The summed E-state index contributed by atoms with van der Waals surface area (Å²) in [7, 11) is 0. The van der Waals surface area contributed by atoms with Crippen molar-refractivity contribution in [2.75, 3.05) is 0 Å². The van der Waals surface area contributed by atoms with E-state index in [4.69, 9.17) is 11.6 Å². The van der Waals surface area contributed by atoms with Gasteiger partial charge in [-0.15, -0.1) is 0 Å². The highest BCUT2D eigenvalue weighted by molar-refractivity contribution is 6.33. The van der Waals surface area contributed by atoms with Crippen LogP contribution in [0.2, 0.25) is 5.02 Å². The van der Waals surface area contributed by atoms with Gasteiger partial charge in [0.05, 0.1) is 16.4 Å². The first kappa shape index (κ1) is 19.6. The molecule has 1 nitrogen and oxygen atoms in total. The first-order chi connectivity index (χ1) is 12.3. The molecule has 1 aliphatic heterocycles. The van der Waals surface area contributed by atoms with Crippen molar-refractivity contribution < 1.29 is 35.1 Å². The van der Waals surface area contributed by atoms with Crippen molar-refractivity contribution in [1.82, 2.24) is 0 Å². The molecule has 0 amide bonds. The SMILES string of the molecule is Fc1ccc(-c2cc3c(cc2Cl)N=C(C(F)(F)C(F)(F)C(F)(F)F)C3)cc1. The minimum atomic E-state index is -6.44. The molecule has 0 bridgehead atoms. The lowest BCUT2D eigenvalue weighted by molar-refractivity contribution is -0.336. The van der Waals surface area contributed by atoms with Crippen LogP contribution in [-0.4, -0.2) is 23.7 Å². The summed E-state index contributed by atoms with van der Waals surface area (Å²) < 4.78 is 104. The zero-order chi connectivity index (χ0) is 20.2. The van der Waals surface area contributed by atoms with Crippen LogP contribution in [-0.2, 0) is 6.42 Å². The third-order valence-corrected chi connectivity index (χ3v) is 4.36. The van der Waals surface area contributed by atoms with E-state index in [2.05, 4.69) is 4.99 Å². The Bertz CT molecular complexity index is 916. The van der Waals surface area contributed by atoms with E-state index in [0.29, 0.717) is 5.56 Å². The van der Waals surface area contributed by atoms with E-state index < -0.39 is 36.0 Å². The number of hydrogen-bond acceptors (Lipinski definition) is 1. The molecular weight excluding hydrogens is 406 g/mol. The molecule has 2 aromatic carbocycles. The van der Waals surface area contributed by atoms with Gasteiger partial charge < -0.3 is 0 Å². The highest BCUT2D eigenvalue weighted by atomic mass is 35.5. The molecule has 0 N–H and O–H groups in total. The van der Waals surface area contributed by atoms with Crippen molar-refractivity contribution in [2.45, 2.75) is 24.4 Å². The van der Waals surface area contributed by atoms with Crippen molar-refractivity contribution in [3.63, 3.8) is 0 Å². The normalized spacial score (nSPS) is 14.9. The fraction of sp³-hybridized carbons (Fsp3) is 0.235. The Kier molecular flexibility index (Phi) is 4.49. The van der Waals surface area contributed by atoms with E-state index in [9.17, 15) is 35.1 Å². The molecule has 1 aliphatic rings. The number of fused-ring (bicyclic) bond motifs is 1. The molecule has 0 saturated heterocycles. The maximum atomic E-state index is 13.9. The Hall–Kier alpha value is -2.16. The van der Waals surface area contributed by atoms with Crippen molar-refractivity contribution >= 4 is 23.0 Å². The Morgan fingerprint density at radius 1 is 0.889 bits per heavy atom. The van der Waals surface area contributed by atoms with Gasteiger partial charge in [0.25, 0.3) is 0 Å². The molecule has 3 rings (SSSR count). The molecule has 0 aromatic heterocycles. The minimum absolute atomic E-state index is 0.00347. The topological polar surface area (TPSA) is 12.4 Å². The maximum absolute atomic E-state index is 13.9. The summed E-state index contributed by atoms with van der Waals surface area (Å²) in [4.78, 5) is 3.26. The van der Waals surface area contributed by atoms with E-state index in [1.54, 1.807) is 0 Å². The Morgan fingerprint density at radius 2 is 1.48 bits per heavy atom. The van der Waals surface area contributed by atoms with Gasteiger partial charge in [-0.2, -0.15) is 30.7 Å². The molecule has 0 radical (unpaired) electrons. The smallest absolute Gasteiger partial charge is 0.251 e. The van der Waals surface area contributed by atoms with Crippen LogP contribution in [0.4, 0.5) is 40.8 Å². The first-order valence-corrected chi connectivity index (χ1v) is 7.71. The number of alkyl halides is 7. The molecule has 27 heavy (non-hydrogen) atoms. The van der Waals surface area contributed by atoms with Gasteiger partial charge in [0, 0.05) is 12.0 Å². The van der Waals surface area contributed by atoms with Crippen LogP contribution in [0, 0.1) is 5.82 Å². The molecule has 0 fully saturated rings. The fourth-order valence-electron chi connectivity index (χ4n) is 2.61. The Labute approximate surface area is 152 Å². The average Bonchev–Trinajstić information content (AvgIpc) is 2.97. The van der Waals surface area contributed by atoms with Crippen LogP contribution in [0.3, 0.4) is 0 Å². The predicted molar refractivity (Wildman–Crippen MR) is 83.6 cm³/mol. The third kappa shape index (κ3) is 3.18. The van der Waals surface area contributed by atoms with Crippen molar-refractivity contribution in [3.8, 4) is 11.1 Å². The summed E-state index contributed by atoms with van der Waals surface area (Å²) >= 11 is 6.03. The number of benzene rings is 2. The van der Waals surface area contributed by atoms with E-state index in [1.165, 1.54) is 18.2 Å². The molecule has 144 valence electrons. The van der Waals surface area contributed by atoms with Crippen LogP contribution in [0.25, 0.3) is 11.1 Å². The summed E-state index contributed by atoms with van der Waals surface area (Å²) in [5.74, 6) is -12.3. The van der Waals surface area contributed by atoms with Crippen LogP contribution in [0.5, 0.6) is 0 Å². The maximum Gasteiger partial charge on any atom is 0.460 e. The second kappa shape index (κ2) is 6.19. The van der Waals surface area contributed by atoms with Crippen LogP contribution in [0.1, 0.15) is 5.56 Å². The van der Waals surface area contributed by atoms with Crippen molar-refractivity contribution in [1.29, 1.82) is 0 Å². The number of aliphatic imine (C=N–C) groups is 1. The van der Waals surface area contributed by atoms with Gasteiger partial charge in [-0.3, -0.25) is 4.99 Å². The van der Waals surface area contributed by atoms with Gasteiger partial charge in [-0.25, -0.2) is 4.39 Å². The fourth-order valence-corrected chi connectivity index (χ4v) is 2.88. The molecular formula is C17H8ClF8N. The van der Waals surface area contributed by atoms with E-state index in [1.807, 2.05) is 0 Å². The van der Waals surface area contributed by atoms with Crippen molar-refractivity contribution in [2.24, 2.45) is 4.99 Å². The van der Waals surface area contributed by atoms with Crippen LogP contribution >= 0.6 is 11.6 Å². The largest absolute Gasteiger partial charge is 0.460 e. The number of halogens is 9. The van der Waals surface area contributed by atoms with E-state index in [-0.39, 0.29) is 21.8 Å². The van der Waals surface area contributed by atoms with Gasteiger partial charge in [0.15, 0.2) is 0 Å². The summed E-state index contributed by atoms with van der Waals surface area (Å²) in [5.41, 5.74) is -1.14.